The molecule has 0 aliphatic rings. The molecule has 3 rings (SSSR count). The molecule has 0 atom stereocenters. The summed E-state index contributed by atoms with van der Waals surface area (Å²) >= 11 is 11.0. The van der Waals surface area contributed by atoms with E-state index in [1.165, 1.54) is 10.6 Å². The first kappa shape index (κ1) is 16.9. The molecule has 0 fully saturated rings. The van der Waals surface area contributed by atoms with Crippen molar-refractivity contribution in [2.45, 2.75) is 0 Å². The minimum atomic E-state index is -0.500. The third-order valence-electron chi connectivity index (χ3n) is 3.37. The van der Waals surface area contributed by atoms with Gasteiger partial charge in [-0.15, -0.1) is 5.73 Å². The van der Waals surface area contributed by atoms with Gasteiger partial charge in [-0.25, -0.2) is 0 Å². The number of hydrogen-bond acceptors (Lipinski definition) is 4. The van der Waals surface area contributed by atoms with E-state index in [-0.39, 0.29) is 16.2 Å². The smallest absolute Gasteiger partial charge is 0.263 e. The number of pyridine rings is 1. The van der Waals surface area contributed by atoms with Crippen LogP contribution in [0.15, 0.2) is 59.3 Å². The van der Waals surface area contributed by atoms with E-state index in [1.54, 1.807) is 48.8 Å². The summed E-state index contributed by atoms with van der Waals surface area (Å²) < 4.78 is 1.43. The lowest BCUT2D eigenvalue weighted by Crippen LogP contribution is -2.15. The maximum Gasteiger partial charge on any atom is 0.263 e. The number of H-pyrrole nitrogens is 1. The van der Waals surface area contributed by atoms with Gasteiger partial charge in [0.05, 0.1) is 5.69 Å². The van der Waals surface area contributed by atoms with Crippen molar-refractivity contribution in [2.24, 2.45) is 0 Å². The lowest BCUT2D eigenvalue weighted by Gasteiger charge is -2.11. The van der Waals surface area contributed by atoms with Crippen LogP contribution in [0.4, 0.5) is 0 Å². The highest BCUT2D eigenvalue weighted by Crippen LogP contribution is 2.21. The van der Waals surface area contributed by atoms with Gasteiger partial charge in [0.15, 0.2) is 4.77 Å². The number of nitrogens with one attached hydrogen (secondary N) is 1. The number of halogens is 1. The Bertz CT molecular complexity index is 1080. The summed E-state index contributed by atoms with van der Waals surface area (Å²) in [6.07, 6.45) is 6.36. The van der Waals surface area contributed by atoms with Gasteiger partial charge in [0.25, 0.3) is 5.56 Å². The van der Waals surface area contributed by atoms with E-state index in [9.17, 15) is 9.90 Å². The summed E-state index contributed by atoms with van der Waals surface area (Å²) in [4.78, 5) is 18.7. The Kier molecular flexibility index (Phi) is 4.95. The molecule has 0 bridgehead atoms. The van der Waals surface area contributed by atoms with E-state index in [0.717, 1.165) is 5.56 Å². The highest BCUT2D eigenvalue weighted by Gasteiger charge is 2.11. The van der Waals surface area contributed by atoms with Gasteiger partial charge in [-0.3, -0.25) is 19.3 Å². The summed E-state index contributed by atoms with van der Waals surface area (Å²) in [7, 11) is 0. The summed E-state index contributed by atoms with van der Waals surface area (Å²) in [5.74, 6) is -0.275. The quantitative estimate of drug-likeness (QED) is 0.541. The van der Waals surface area contributed by atoms with Gasteiger partial charge < -0.3 is 5.11 Å². The molecule has 2 aromatic heterocycles. The Morgan fingerprint density at radius 3 is 2.68 bits per heavy atom. The molecular formula is C18H12ClN3O2S. The monoisotopic (exact) mass is 369 g/mol. The van der Waals surface area contributed by atoms with Crippen LogP contribution in [0.2, 0.25) is 5.02 Å². The lowest BCUT2D eigenvalue weighted by atomic mass is 10.2. The second kappa shape index (κ2) is 7.32. The first-order valence-electron chi connectivity index (χ1n) is 7.23. The van der Waals surface area contributed by atoms with Gasteiger partial charge in [-0.1, -0.05) is 17.7 Å². The number of aromatic hydroxyl groups is 1. The lowest BCUT2D eigenvalue weighted by molar-refractivity contribution is 0.432. The second-order valence-corrected chi connectivity index (χ2v) is 5.87. The van der Waals surface area contributed by atoms with Crippen molar-refractivity contribution >= 4 is 36.0 Å². The Morgan fingerprint density at radius 1 is 1.24 bits per heavy atom. The van der Waals surface area contributed by atoms with Crippen LogP contribution in [0.1, 0.15) is 11.1 Å². The van der Waals surface area contributed by atoms with Crippen LogP contribution in [0.5, 0.6) is 5.88 Å². The largest absolute Gasteiger partial charge is 0.494 e. The molecule has 0 saturated heterocycles. The predicted octanol–water partition coefficient (Wildman–Crippen LogP) is 3.97. The van der Waals surface area contributed by atoms with Gasteiger partial charge in [0.1, 0.15) is 5.56 Å². The van der Waals surface area contributed by atoms with Gasteiger partial charge >= 0.3 is 0 Å². The molecule has 7 heteroatoms. The normalized spacial score (nSPS) is 10.1. The van der Waals surface area contributed by atoms with E-state index in [2.05, 4.69) is 15.7 Å². The van der Waals surface area contributed by atoms with Crippen molar-refractivity contribution in [1.29, 1.82) is 0 Å². The average Bonchev–Trinajstić information content (AvgIpc) is 2.60. The summed E-state index contributed by atoms with van der Waals surface area (Å²) in [6.45, 7) is 0. The Labute approximate surface area is 153 Å². The average molecular weight is 370 g/mol. The molecular weight excluding hydrogens is 358 g/mol. The van der Waals surface area contributed by atoms with Crippen LogP contribution in [0, 0.1) is 4.77 Å². The molecule has 0 saturated carbocycles. The highest BCUT2D eigenvalue weighted by atomic mass is 35.5. The van der Waals surface area contributed by atoms with E-state index in [0.29, 0.717) is 10.7 Å². The minimum Gasteiger partial charge on any atom is -0.494 e. The van der Waals surface area contributed by atoms with Crippen molar-refractivity contribution in [3.8, 4) is 11.6 Å². The zero-order chi connectivity index (χ0) is 17.8. The molecule has 1 aromatic carbocycles. The number of rotatable bonds is 3. The molecule has 0 aliphatic heterocycles. The van der Waals surface area contributed by atoms with Crippen LogP contribution in [-0.2, 0) is 0 Å². The number of aromatic nitrogens is 3. The van der Waals surface area contributed by atoms with Crippen molar-refractivity contribution in [2.75, 3.05) is 0 Å². The standard InChI is InChI=1S/C18H12ClN3O2S/c19-13-6-8-14(9-7-13)22-17(24)15(16(23)21-18(22)25)5-1-3-12-4-2-10-20-11-12/h2-11,24H,(H,21,23,25). The van der Waals surface area contributed by atoms with E-state index < -0.39 is 5.56 Å². The van der Waals surface area contributed by atoms with Gasteiger partial charge in [-0.05, 0) is 54.7 Å². The number of aromatic amines is 1. The molecule has 0 radical (unpaired) electrons. The fraction of sp³-hybridized carbons (Fsp3) is 0. The maximum atomic E-state index is 12.1. The van der Waals surface area contributed by atoms with E-state index in [1.807, 2.05) is 6.07 Å². The fourth-order valence-corrected chi connectivity index (χ4v) is 2.59. The third-order valence-corrected chi connectivity index (χ3v) is 3.90. The molecule has 0 unspecified atom stereocenters. The molecule has 0 amide bonds. The van der Waals surface area contributed by atoms with Crippen molar-refractivity contribution < 1.29 is 5.11 Å². The minimum absolute atomic E-state index is 0.0451. The fourth-order valence-electron chi connectivity index (χ4n) is 2.18. The number of nitrogens with zero attached hydrogens (tertiary/aromatic N) is 2. The Hall–Kier alpha value is -2.92. The SMILES string of the molecule is O=c1[nH]c(=S)n(-c2ccc(Cl)cc2)c(O)c1C=C=Cc1cccnc1. The molecule has 0 spiro atoms. The summed E-state index contributed by atoms with van der Waals surface area (Å²) in [5.41, 5.74) is 3.81. The summed E-state index contributed by atoms with van der Waals surface area (Å²) in [6, 6.07) is 10.3. The molecule has 124 valence electrons. The predicted molar refractivity (Wildman–Crippen MR) is 101 cm³/mol. The van der Waals surface area contributed by atoms with E-state index in [4.69, 9.17) is 23.8 Å². The van der Waals surface area contributed by atoms with Crippen LogP contribution in [-0.4, -0.2) is 19.6 Å². The van der Waals surface area contributed by atoms with Crippen molar-refractivity contribution in [3.63, 3.8) is 0 Å². The molecule has 0 aliphatic carbocycles. The van der Waals surface area contributed by atoms with Gasteiger partial charge in [0.2, 0.25) is 5.88 Å². The van der Waals surface area contributed by atoms with Crippen LogP contribution < -0.4 is 5.56 Å². The van der Waals surface area contributed by atoms with Gasteiger partial charge in [-0.2, -0.15) is 0 Å². The number of benzene rings is 1. The van der Waals surface area contributed by atoms with Gasteiger partial charge in [0, 0.05) is 23.0 Å². The molecule has 2 N–H and O–H groups in total. The zero-order valence-electron chi connectivity index (χ0n) is 12.8. The first-order chi connectivity index (χ1) is 12.1. The molecule has 5 nitrogen and oxygen atoms in total. The van der Waals surface area contributed by atoms with Crippen LogP contribution >= 0.6 is 23.8 Å². The second-order valence-electron chi connectivity index (χ2n) is 5.05. The number of hydrogen-bond donors (Lipinski definition) is 2. The third kappa shape index (κ3) is 3.78. The maximum absolute atomic E-state index is 12.1. The highest BCUT2D eigenvalue weighted by molar-refractivity contribution is 7.71. The topological polar surface area (TPSA) is 70.9 Å². The van der Waals surface area contributed by atoms with Crippen molar-refractivity contribution in [1.82, 2.24) is 14.5 Å². The Balaban J connectivity index is 2.11. The first-order valence-corrected chi connectivity index (χ1v) is 8.01. The Morgan fingerprint density at radius 2 is 2.00 bits per heavy atom. The molecule has 2 heterocycles. The van der Waals surface area contributed by atoms with E-state index >= 15 is 0 Å². The van der Waals surface area contributed by atoms with Crippen LogP contribution in [0.25, 0.3) is 17.8 Å². The van der Waals surface area contributed by atoms with Crippen molar-refractivity contribution in [3.05, 3.63) is 85.8 Å². The van der Waals surface area contributed by atoms with Crippen LogP contribution in [0.3, 0.4) is 0 Å². The summed E-state index contributed by atoms with van der Waals surface area (Å²) in [5, 5.41) is 11.1. The molecule has 25 heavy (non-hydrogen) atoms. The zero-order valence-corrected chi connectivity index (χ0v) is 14.4. The molecule has 3 aromatic rings.